The fourth-order valence-electron chi connectivity index (χ4n) is 2.98. The van der Waals surface area contributed by atoms with Gasteiger partial charge in [0.15, 0.2) is 0 Å². The largest absolute Gasteiger partial charge is 0.347 e. The van der Waals surface area contributed by atoms with Gasteiger partial charge in [0.2, 0.25) is 0 Å². The first-order valence-corrected chi connectivity index (χ1v) is 9.70. The molecule has 1 unspecified atom stereocenters. The molecule has 138 valence electrons. The molecule has 4 aromatic rings. The fraction of sp³-hybridized carbons (Fsp3) is 0.250. The van der Waals surface area contributed by atoms with Gasteiger partial charge in [-0.3, -0.25) is 9.13 Å². The Bertz CT molecular complexity index is 1130. The summed E-state index contributed by atoms with van der Waals surface area (Å²) in [5, 5.41) is 4.15. The van der Waals surface area contributed by atoms with Gasteiger partial charge < -0.3 is 4.90 Å². The topological polar surface area (TPSA) is 56.0 Å². The summed E-state index contributed by atoms with van der Waals surface area (Å²) in [6, 6.07) is 8.47. The molecule has 0 bridgehead atoms. The predicted octanol–water partition coefficient (Wildman–Crippen LogP) is 3.26. The highest BCUT2D eigenvalue weighted by molar-refractivity contribution is 7.08. The van der Waals surface area contributed by atoms with Crippen molar-refractivity contribution in [2.45, 2.75) is 19.5 Å². The van der Waals surface area contributed by atoms with Crippen molar-refractivity contribution in [3.05, 3.63) is 64.2 Å². The third-order valence-corrected chi connectivity index (χ3v) is 5.53. The number of nitrogens with zero attached hydrogens (tertiary/aromatic N) is 5. The van der Waals surface area contributed by atoms with Gasteiger partial charge in [0.1, 0.15) is 6.33 Å². The van der Waals surface area contributed by atoms with Gasteiger partial charge in [-0.1, -0.05) is 6.07 Å². The summed E-state index contributed by atoms with van der Waals surface area (Å²) in [4.78, 5) is 22.8. The molecule has 0 amide bonds. The number of likely N-dealkylation sites (N-methyl/N-ethyl adjacent to an activating group) is 1. The van der Waals surface area contributed by atoms with E-state index < -0.39 is 0 Å². The maximum absolute atomic E-state index is 12.1. The second-order valence-corrected chi connectivity index (χ2v) is 7.67. The van der Waals surface area contributed by atoms with Crippen molar-refractivity contribution in [3.63, 3.8) is 0 Å². The average molecular weight is 379 g/mol. The minimum absolute atomic E-state index is 0.227. The van der Waals surface area contributed by atoms with E-state index >= 15 is 0 Å². The molecule has 6 nitrogen and oxygen atoms in total. The lowest BCUT2D eigenvalue weighted by Gasteiger charge is -2.20. The third-order valence-electron chi connectivity index (χ3n) is 4.86. The van der Waals surface area contributed by atoms with E-state index in [4.69, 9.17) is 0 Å². The van der Waals surface area contributed by atoms with Crippen molar-refractivity contribution >= 4 is 22.4 Å². The van der Waals surface area contributed by atoms with Crippen LogP contribution in [-0.2, 0) is 6.54 Å². The number of imidazole rings is 1. The number of fused-ring (bicyclic) bond motifs is 1. The van der Waals surface area contributed by atoms with E-state index in [1.807, 2.05) is 38.8 Å². The number of rotatable bonds is 5. The first-order chi connectivity index (χ1) is 13.0. The minimum Gasteiger partial charge on any atom is -0.305 e. The molecule has 1 aromatic carbocycles. The van der Waals surface area contributed by atoms with E-state index in [-0.39, 0.29) is 11.7 Å². The van der Waals surface area contributed by atoms with E-state index in [2.05, 4.69) is 49.3 Å². The highest BCUT2D eigenvalue weighted by atomic mass is 32.1. The first kappa shape index (κ1) is 17.6. The van der Waals surface area contributed by atoms with Gasteiger partial charge in [-0.2, -0.15) is 11.3 Å². The van der Waals surface area contributed by atoms with E-state index in [1.54, 1.807) is 22.1 Å². The molecule has 0 aliphatic heterocycles. The number of aromatic nitrogens is 4. The highest BCUT2D eigenvalue weighted by Crippen LogP contribution is 2.25. The Labute approximate surface area is 161 Å². The summed E-state index contributed by atoms with van der Waals surface area (Å²) in [6.07, 6.45) is 5.36. The van der Waals surface area contributed by atoms with Gasteiger partial charge in [0, 0.05) is 35.9 Å². The van der Waals surface area contributed by atoms with Crippen LogP contribution in [0.1, 0.15) is 6.92 Å². The van der Waals surface area contributed by atoms with Crippen LogP contribution in [0.15, 0.2) is 58.5 Å². The van der Waals surface area contributed by atoms with Crippen LogP contribution in [0.25, 0.3) is 27.8 Å². The lowest BCUT2D eigenvalue weighted by atomic mass is 10.1. The number of thiophene rings is 1. The van der Waals surface area contributed by atoms with E-state index in [1.165, 1.54) is 0 Å². The first-order valence-electron chi connectivity index (χ1n) is 8.76. The zero-order chi connectivity index (χ0) is 19.0. The molecule has 1 atom stereocenters. The molecule has 3 heterocycles. The molecule has 7 heteroatoms. The van der Waals surface area contributed by atoms with Crippen LogP contribution in [0.2, 0.25) is 0 Å². The average Bonchev–Trinajstić information content (AvgIpc) is 3.31. The van der Waals surface area contributed by atoms with Crippen LogP contribution in [0.5, 0.6) is 0 Å². The van der Waals surface area contributed by atoms with Gasteiger partial charge in [0.25, 0.3) is 0 Å². The fourth-order valence-corrected chi connectivity index (χ4v) is 3.60. The standard InChI is InChI=1S/C20H21N5OS/c1-14(23(2)3)10-24-11-16(9-21-20(24)26)15-4-5-19-18(8-15)22-13-25(19)17-6-7-27-12-17/h4-9,11-14H,10H2,1-3H3. The van der Waals surface area contributed by atoms with Crippen molar-refractivity contribution in [1.29, 1.82) is 0 Å². The summed E-state index contributed by atoms with van der Waals surface area (Å²) in [5.74, 6) is 0. The van der Waals surface area contributed by atoms with Gasteiger partial charge in [-0.15, -0.1) is 0 Å². The molecule has 0 aliphatic carbocycles. The summed E-state index contributed by atoms with van der Waals surface area (Å²) in [5.41, 5.74) is 4.76. The van der Waals surface area contributed by atoms with Crippen molar-refractivity contribution in [3.8, 4) is 16.8 Å². The highest BCUT2D eigenvalue weighted by Gasteiger charge is 2.11. The number of hydrogen-bond donors (Lipinski definition) is 0. The molecule has 0 radical (unpaired) electrons. The monoisotopic (exact) mass is 379 g/mol. The van der Waals surface area contributed by atoms with Crippen molar-refractivity contribution in [1.82, 2.24) is 24.0 Å². The molecule has 0 saturated heterocycles. The Hall–Kier alpha value is -2.77. The molecule has 0 aliphatic rings. The molecule has 0 N–H and O–H groups in total. The molecule has 0 saturated carbocycles. The lowest BCUT2D eigenvalue weighted by Crippen LogP contribution is -2.34. The summed E-state index contributed by atoms with van der Waals surface area (Å²) >= 11 is 1.66. The second kappa shape index (κ2) is 7.09. The third kappa shape index (κ3) is 3.43. The van der Waals surface area contributed by atoms with Crippen molar-refractivity contribution in [2.75, 3.05) is 14.1 Å². The smallest absolute Gasteiger partial charge is 0.305 e. The van der Waals surface area contributed by atoms with Crippen LogP contribution in [-0.4, -0.2) is 44.1 Å². The lowest BCUT2D eigenvalue weighted by molar-refractivity contribution is 0.280. The summed E-state index contributed by atoms with van der Waals surface area (Å²) in [7, 11) is 4.01. The maximum Gasteiger partial charge on any atom is 0.347 e. The molecule has 0 fully saturated rings. The summed E-state index contributed by atoms with van der Waals surface area (Å²) < 4.78 is 3.75. The number of benzene rings is 1. The minimum atomic E-state index is -0.227. The summed E-state index contributed by atoms with van der Waals surface area (Å²) in [6.45, 7) is 2.68. The van der Waals surface area contributed by atoms with Gasteiger partial charge in [0.05, 0.1) is 16.7 Å². The van der Waals surface area contributed by atoms with Crippen LogP contribution in [0, 0.1) is 0 Å². The Morgan fingerprint density at radius 3 is 2.78 bits per heavy atom. The SMILES string of the molecule is CC(Cn1cc(-c2ccc3c(c2)ncn3-c2ccsc2)cnc1=O)N(C)C. The zero-order valence-corrected chi connectivity index (χ0v) is 16.3. The van der Waals surface area contributed by atoms with E-state index in [0.717, 1.165) is 27.8 Å². The molecular formula is C20H21N5OS. The predicted molar refractivity (Wildman–Crippen MR) is 110 cm³/mol. The quantitative estimate of drug-likeness (QED) is 0.534. The van der Waals surface area contributed by atoms with Crippen LogP contribution >= 0.6 is 11.3 Å². The van der Waals surface area contributed by atoms with Crippen molar-refractivity contribution in [2.24, 2.45) is 0 Å². The molecule has 4 rings (SSSR count). The van der Waals surface area contributed by atoms with Gasteiger partial charge in [-0.25, -0.2) is 14.8 Å². The Balaban J connectivity index is 1.71. The van der Waals surface area contributed by atoms with Crippen LogP contribution in [0.3, 0.4) is 0 Å². The van der Waals surface area contributed by atoms with Gasteiger partial charge >= 0.3 is 5.69 Å². The maximum atomic E-state index is 12.1. The second-order valence-electron chi connectivity index (χ2n) is 6.89. The molecule has 3 aromatic heterocycles. The molecular weight excluding hydrogens is 358 g/mol. The van der Waals surface area contributed by atoms with E-state index in [9.17, 15) is 4.79 Å². The zero-order valence-electron chi connectivity index (χ0n) is 15.5. The molecule has 27 heavy (non-hydrogen) atoms. The van der Waals surface area contributed by atoms with Crippen LogP contribution in [0.4, 0.5) is 0 Å². The van der Waals surface area contributed by atoms with Crippen molar-refractivity contribution < 1.29 is 0 Å². The molecule has 0 spiro atoms. The van der Waals surface area contributed by atoms with Gasteiger partial charge in [-0.05, 0) is 50.2 Å². The van der Waals surface area contributed by atoms with E-state index in [0.29, 0.717) is 6.54 Å². The normalized spacial score (nSPS) is 12.7. The van der Waals surface area contributed by atoms with Crippen LogP contribution < -0.4 is 5.69 Å². The number of hydrogen-bond acceptors (Lipinski definition) is 5. The Kier molecular flexibility index (Phi) is 4.63. The Morgan fingerprint density at radius 2 is 2.04 bits per heavy atom. The Morgan fingerprint density at radius 1 is 1.19 bits per heavy atom.